The van der Waals surface area contributed by atoms with E-state index in [9.17, 15) is 0 Å². The van der Waals surface area contributed by atoms with E-state index in [-0.39, 0.29) is 0 Å². The Hall–Kier alpha value is -2.30. The summed E-state index contributed by atoms with van der Waals surface area (Å²) in [5, 5.41) is 0. The highest BCUT2D eigenvalue weighted by molar-refractivity contribution is 5.81. The fraction of sp³-hybridized carbons (Fsp3) is 0.263. The van der Waals surface area contributed by atoms with Crippen LogP contribution in [-0.2, 0) is 11.3 Å². The standard InChI is InChI=1S/C19H21N3O/c1-22(10-11-23-2)14-15-4-3-5-16(12-15)17-6-7-18-19(13-17)21-9-8-20-18/h3-9,12-13H,10-11,14H2,1-2H3. The van der Waals surface area contributed by atoms with Gasteiger partial charge in [0.2, 0.25) is 0 Å². The predicted octanol–water partition coefficient (Wildman–Crippen LogP) is 3.38. The molecule has 0 unspecified atom stereocenters. The van der Waals surface area contributed by atoms with Crippen molar-refractivity contribution < 1.29 is 4.74 Å². The summed E-state index contributed by atoms with van der Waals surface area (Å²) in [5.41, 5.74) is 5.51. The Morgan fingerprint density at radius 3 is 2.57 bits per heavy atom. The molecule has 3 rings (SSSR count). The summed E-state index contributed by atoms with van der Waals surface area (Å²) in [4.78, 5) is 11.0. The van der Waals surface area contributed by atoms with Crippen molar-refractivity contribution in [2.45, 2.75) is 6.54 Å². The van der Waals surface area contributed by atoms with E-state index in [2.05, 4.69) is 58.3 Å². The first-order valence-electron chi connectivity index (χ1n) is 7.74. The lowest BCUT2D eigenvalue weighted by molar-refractivity contribution is 0.158. The van der Waals surface area contributed by atoms with E-state index in [0.717, 1.165) is 30.7 Å². The van der Waals surface area contributed by atoms with Gasteiger partial charge in [-0.05, 0) is 41.9 Å². The van der Waals surface area contributed by atoms with Gasteiger partial charge in [0, 0.05) is 32.6 Å². The predicted molar refractivity (Wildman–Crippen MR) is 93.2 cm³/mol. The van der Waals surface area contributed by atoms with Crippen molar-refractivity contribution in [2.75, 3.05) is 27.3 Å². The normalized spacial score (nSPS) is 11.3. The molecular weight excluding hydrogens is 286 g/mol. The van der Waals surface area contributed by atoms with E-state index in [1.54, 1.807) is 19.5 Å². The first-order chi connectivity index (χ1) is 11.3. The summed E-state index contributed by atoms with van der Waals surface area (Å²) in [5.74, 6) is 0. The Balaban J connectivity index is 1.83. The number of rotatable bonds is 6. The minimum atomic E-state index is 0.750. The van der Waals surface area contributed by atoms with Crippen LogP contribution in [0.1, 0.15) is 5.56 Å². The topological polar surface area (TPSA) is 38.2 Å². The Kier molecular flexibility index (Phi) is 4.95. The zero-order valence-electron chi connectivity index (χ0n) is 13.6. The van der Waals surface area contributed by atoms with Crippen LogP contribution in [0.4, 0.5) is 0 Å². The van der Waals surface area contributed by atoms with Crippen LogP contribution in [0.3, 0.4) is 0 Å². The summed E-state index contributed by atoms with van der Waals surface area (Å²) < 4.78 is 5.13. The second-order valence-corrected chi connectivity index (χ2v) is 5.69. The molecule has 0 fully saturated rings. The summed E-state index contributed by atoms with van der Waals surface area (Å²) >= 11 is 0. The lowest BCUT2D eigenvalue weighted by Crippen LogP contribution is -2.22. The van der Waals surface area contributed by atoms with Gasteiger partial charge in [-0.2, -0.15) is 0 Å². The quantitative estimate of drug-likeness (QED) is 0.700. The SMILES string of the molecule is COCCN(C)Cc1cccc(-c2ccc3nccnc3c2)c1. The highest BCUT2D eigenvalue weighted by Crippen LogP contribution is 2.23. The minimum Gasteiger partial charge on any atom is -0.383 e. The maximum Gasteiger partial charge on any atom is 0.0892 e. The molecule has 0 saturated carbocycles. The maximum atomic E-state index is 5.13. The number of ether oxygens (including phenoxy) is 1. The fourth-order valence-corrected chi connectivity index (χ4v) is 2.63. The van der Waals surface area contributed by atoms with Gasteiger partial charge in [0.1, 0.15) is 0 Å². The number of likely N-dealkylation sites (N-methyl/N-ethyl adjacent to an activating group) is 1. The average molecular weight is 307 g/mol. The lowest BCUT2D eigenvalue weighted by atomic mass is 10.0. The van der Waals surface area contributed by atoms with Crippen LogP contribution in [0.5, 0.6) is 0 Å². The zero-order valence-corrected chi connectivity index (χ0v) is 13.6. The van der Waals surface area contributed by atoms with Crippen LogP contribution in [0.15, 0.2) is 54.9 Å². The van der Waals surface area contributed by atoms with Gasteiger partial charge in [0.25, 0.3) is 0 Å². The molecule has 1 aromatic heterocycles. The largest absolute Gasteiger partial charge is 0.383 e. The molecule has 1 heterocycles. The third-order valence-corrected chi connectivity index (χ3v) is 3.86. The summed E-state index contributed by atoms with van der Waals surface area (Å²) in [6.07, 6.45) is 3.45. The molecule has 0 aliphatic rings. The molecule has 0 N–H and O–H groups in total. The molecule has 0 amide bonds. The van der Waals surface area contributed by atoms with Crippen LogP contribution in [0, 0.1) is 0 Å². The number of hydrogen-bond acceptors (Lipinski definition) is 4. The van der Waals surface area contributed by atoms with Gasteiger partial charge < -0.3 is 4.74 Å². The summed E-state index contributed by atoms with van der Waals surface area (Å²) in [6.45, 7) is 2.58. The molecule has 23 heavy (non-hydrogen) atoms. The molecule has 2 aromatic carbocycles. The third-order valence-electron chi connectivity index (χ3n) is 3.86. The van der Waals surface area contributed by atoms with E-state index >= 15 is 0 Å². The second kappa shape index (κ2) is 7.31. The van der Waals surface area contributed by atoms with Gasteiger partial charge in [-0.25, -0.2) is 0 Å². The molecule has 0 bridgehead atoms. The molecule has 4 heteroatoms. The van der Waals surface area contributed by atoms with Gasteiger partial charge in [0.05, 0.1) is 17.6 Å². The van der Waals surface area contributed by atoms with E-state index in [4.69, 9.17) is 4.74 Å². The molecule has 0 saturated heterocycles. The van der Waals surface area contributed by atoms with E-state index in [0.29, 0.717) is 0 Å². The van der Waals surface area contributed by atoms with Gasteiger partial charge in [-0.15, -0.1) is 0 Å². The molecule has 0 spiro atoms. The molecule has 118 valence electrons. The molecule has 4 nitrogen and oxygen atoms in total. The molecule has 3 aromatic rings. The number of methoxy groups -OCH3 is 1. The van der Waals surface area contributed by atoms with Crippen molar-refractivity contribution >= 4 is 11.0 Å². The van der Waals surface area contributed by atoms with Crippen LogP contribution >= 0.6 is 0 Å². The lowest BCUT2D eigenvalue weighted by Gasteiger charge is -2.16. The Morgan fingerprint density at radius 2 is 1.74 bits per heavy atom. The van der Waals surface area contributed by atoms with E-state index < -0.39 is 0 Å². The Labute approximate surface area is 136 Å². The minimum absolute atomic E-state index is 0.750. The molecule has 0 aliphatic heterocycles. The number of nitrogens with zero attached hydrogens (tertiary/aromatic N) is 3. The zero-order chi connectivity index (χ0) is 16.1. The van der Waals surface area contributed by atoms with Crippen LogP contribution in [0.25, 0.3) is 22.2 Å². The van der Waals surface area contributed by atoms with Crippen molar-refractivity contribution in [3.63, 3.8) is 0 Å². The highest BCUT2D eigenvalue weighted by atomic mass is 16.5. The summed E-state index contributed by atoms with van der Waals surface area (Å²) in [6, 6.07) is 14.9. The summed E-state index contributed by atoms with van der Waals surface area (Å²) in [7, 11) is 3.84. The van der Waals surface area contributed by atoms with Crippen LogP contribution in [0.2, 0.25) is 0 Å². The van der Waals surface area contributed by atoms with Gasteiger partial charge in [-0.1, -0.05) is 24.3 Å². The molecule has 0 radical (unpaired) electrons. The van der Waals surface area contributed by atoms with Crippen LogP contribution < -0.4 is 0 Å². The van der Waals surface area contributed by atoms with Crippen molar-refractivity contribution in [3.8, 4) is 11.1 Å². The Morgan fingerprint density at radius 1 is 0.957 bits per heavy atom. The first kappa shape index (κ1) is 15.6. The van der Waals surface area contributed by atoms with Crippen molar-refractivity contribution in [1.82, 2.24) is 14.9 Å². The number of benzene rings is 2. The molecular formula is C19H21N3O. The highest BCUT2D eigenvalue weighted by Gasteiger charge is 2.04. The first-order valence-corrected chi connectivity index (χ1v) is 7.74. The third kappa shape index (κ3) is 3.92. The van der Waals surface area contributed by atoms with Crippen molar-refractivity contribution in [3.05, 3.63) is 60.4 Å². The molecule has 0 aliphatic carbocycles. The molecule has 0 atom stereocenters. The smallest absolute Gasteiger partial charge is 0.0892 e. The van der Waals surface area contributed by atoms with Crippen LogP contribution in [-0.4, -0.2) is 42.2 Å². The monoisotopic (exact) mass is 307 g/mol. The van der Waals surface area contributed by atoms with E-state index in [1.807, 2.05) is 6.07 Å². The fourth-order valence-electron chi connectivity index (χ4n) is 2.63. The number of aromatic nitrogens is 2. The van der Waals surface area contributed by atoms with Crippen molar-refractivity contribution in [2.24, 2.45) is 0 Å². The number of hydrogen-bond donors (Lipinski definition) is 0. The van der Waals surface area contributed by atoms with Gasteiger partial charge in [-0.3, -0.25) is 14.9 Å². The van der Waals surface area contributed by atoms with Gasteiger partial charge in [0.15, 0.2) is 0 Å². The second-order valence-electron chi connectivity index (χ2n) is 5.69. The van der Waals surface area contributed by atoms with E-state index in [1.165, 1.54) is 16.7 Å². The van der Waals surface area contributed by atoms with Gasteiger partial charge >= 0.3 is 0 Å². The average Bonchev–Trinajstić information content (AvgIpc) is 2.60. The number of fused-ring (bicyclic) bond motifs is 1. The van der Waals surface area contributed by atoms with Crippen molar-refractivity contribution in [1.29, 1.82) is 0 Å². The Bertz CT molecular complexity index is 788. The maximum absolute atomic E-state index is 5.13.